The average molecular weight is 246 g/mol. The van der Waals surface area contributed by atoms with Gasteiger partial charge < -0.3 is 9.84 Å². The van der Waals surface area contributed by atoms with Crippen LogP contribution in [0.4, 0.5) is 0 Å². The maximum atomic E-state index is 10.9. The Morgan fingerprint density at radius 1 is 1.33 bits per heavy atom. The Morgan fingerprint density at radius 2 is 2.06 bits per heavy atom. The zero-order chi connectivity index (χ0) is 12.6. The third-order valence-corrected chi connectivity index (χ3v) is 4.27. The van der Waals surface area contributed by atoms with Crippen molar-refractivity contribution in [1.29, 1.82) is 0 Å². The lowest BCUT2D eigenvalue weighted by atomic mass is 9.89. The van der Waals surface area contributed by atoms with Crippen molar-refractivity contribution in [2.24, 2.45) is 0 Å². The Labute approximate surface area is 107 Å². The molecule has 1 aliphatic carbocycles. The average Bonchev–Trinajstić information content (AvgIpc) is 2.93. The minimum absolute atomic E-state index is 0.0729. The van der Waals surface area contributed by atoms with Crippen LogP contribution in [0.2, 0.25) is 0 Å². The van der Waals surface area contributed by atoms with Gasteiger partial charge in [-0.3, -0.25) is 4.79 Å². The van der Waals surface area contributed by atoms with Crippen LogP contribution in [-0.2, 0) is 14.9 Å². The maximum Gasteiger partial charge on any atom is 0.304 e. The lowest BCUT2D eigenvalue weighted by Crippen LogP contribution is -2.13. The largest absolute Gasteiger partial charge is 0.481 e. The molecule has 3 rings (SSSR count). The molecule has 3 nitrogen and oxygen atoms in total. The fraction of sp³-hybridized carbons (Fsp3) is 0.533. The molecule has 1 aromatic carbocycles. The third kappa shape index (κ3) is 2.15. The van der Waals surface area contributed by atoms with Gasteiger partial charge in [-0.1, -0.05) is 24.3 Å². The summed E-state index contributed by atoms with van der Waals surface area (Å²) in [5, 5.41) is 8.96. The Kier molecular flexibility index (Phi) is 2.86. The summed E-state index contributed by atoms with van der Waals surface area (Å²) in [7, 11) is 0. The fourth-order valence-corrected chi connectivity index (χ4v) is 2.91. The van der Waals surface area contributed by atoms with Gasteiger partial charge in [-0.15, -0.1) is 0 Å². The van der Waals surface area contributed by atoms with Crippen LogP contribution in [0, 0.1) is 0 Å². The Morgan fingerprint density at radius 3 is 2.56 bits per heavy atom. The molecule has 0 spiro atoms. The van der Waals surface area contributed by atoms with E-state index in [0.717, 1.165) is 32.5 Å². The van der Waals surface area contributed by atoms with Crippen LogP contribution in [0.1, 0.15) is 42.7 Å². The van der Waals surface area contributed by atoms with E-state index in [1.165, 1.54) is 11.1 Å². The number of carboxylic acid groups (broad SMARTS) is 1. The van der Waals surface area contributed by atoms with Crippen molar-refractivity contribution in [3.8, 4) is 0 Å². The molecule has 96 valence electrons. The normalized spacial score (nSPS) is 25.0. The molecule has 0 amide bonds. The first-order valence-electron chi connectivity index (χ1n) is 6.60. The molecule has 1 saturated carbocycles. The van der Waals surface area contributed by atoms with Crippen LogP contribution < -0.4 is 0 Å². The van der Waals surface area contributed by atoms with Gasteiger partial charge in [-0.25, -0.2) is 0 Å². The van der Waals surface area contributed by atoms with Gasteiger partial charge in [0.25, 0.3) is 0 Å². The molecule has 2 fully saturated rings. The van der Waals surface area contributed by atoms with Gasteiger partial charge in [0.2, 0.25) is 0 Å². The molecule has 18 heavy (non-hydrogen) atoms. The van der Waals surface area contributed by atoms with Gasteiger partial charge in [0, 0.05) is 17.9 Å². The SMILES string of the molecule is O=C(O)CC1(c2ccc(C3CCOC3)cc2)CC1. The highest BCUT2D eigenvalue weighted by molar-refractivity contribution is 5.70. The molecule has 0 radical (unpaired) electrons. The molecule has 1 aromatic rings. The van der Waals surface area contributed by atoms with E-state index < -0.39 is 5.97 Å². The van der Waals surface area contributed by atoms with Crippen molar-refractivity contribution in [2.45, 2.75) is 37.0 Å². The molecule has 1 N–H and O–H groups in total. The summed E-state index contributed by atoms with van der Waals surface area (Å²) in [5.41, 5.74) is 2.44. The number of hydrogen-bond acceptors (Lipinski definition) is 2. The van der Waals surface area contributed by atoms with E-state index >= 15 is 0 Å². The third-order valence-electron chi connectivity index (χ3n) is 4.27. The summed E-state index contributed by atoms with van der Waals surface area (Å²) in [6, 6.07) is 8.53. The Balaban J connectivity index is 1.76. The standard InChI is InChI=1S/C15H18O3/c16-14(17)9-15(6-7-15)13-3-1-11(2-4-13)12-5-8-18-10-12/h1-4,12H,5-10H2,(H,16,17). The summed E-state index contributed by atoms with van der Waals surface area (Å²) in [6.45, 7) is 1.68. The first kappa shape index (κ1) is 11.7. The van der Waals surface area contributed by atoms with Crippen molar-refractivity contribution in [2.75, 3.05) is 13.2 Å². The second-order valence-corrected chi connectivity index (χ2v) is 5.53. The molecule has 3 heteroatoms. The summed E-state index contributed by atoms with van der Waals surface area (Å²) >= 11 is 0. The lowest BCUT2D eigenvalue weighted by molar-refractivity contribution is -0.137. The monoisotopic (exact) mass is 246 g/mol. The summed E-state index contributed by atoms with van der Waals surface area (Å²) in [5.74, 6) is -0.172. The Hall–Kier alpha value is -1.35. The predicted molar refractivity (Wildman–Crippen MR) is 67.8 cm³/mol. The highest BCUT2D eigenvalue weighted by atomic mass is 16.5. The molecule has 1 atom stereocenters. The molecular formula is C15H18O3. The van der Waals surface area contributed by atoms with Gasteiger partial charge in [0.15, 0.2) is 0 Å². The molecule has 1 unspecified atom stereocenters. The van der Waals surface area contributed by atoms with Crippen molar-refractivity contribution in [3.05, 3.63) is 35.4 Å². The van der Waals surface area contributed by atoms with Crippen LogP contribution in [-0.4, -0.2) is 24.3 Å². The van der Waals surface area contributed by atoms with Crippen LogP contribution in [0.3, 0.4) is 0 Å². The van der Waals surface area contributed by atoms with Gasteiger partial charge in [0.1, 0.15) is 0 Å². The predicted octanol–water partition coefficient (Wildman–Crippen LogP) is 2.70. The number of hydrogen-bond donors (Lipinski definition) is 1. The highest BCUT2D eigenvalue weighted by Crippen LogP contribution is 2.51. The fourth-order valence-electron chi connectivity index (χ4n) is 2.91. The zero-order valence-corrected chi connectivity index (χ0v) is 10.4. The number of ether oxygens (including phenoxy) is 1. The van der Waals surface area contributed by atoms with E-state index in [1.807, 2.05) is 0 Å². The van der Waals surface area contributed by atoms with E-state index in [0.29, 0.717) is 5.92 Å². The van der Waals surface area contributed by atoms with Crippen LogP contribution >= 0.6 is 0 Å². The van der Waals surface area contributed by atoms with E-state index in [2.05, 4.69) is 24.3 Å². The molecule has 0 bridgehead atoms. The van der Waals surface area contributed by atoms with Gasteiger partial charge in [-0.05, 0) is 30.4 Å². The topological polar surface area (TPSA) is 46.5 Å². The van der Waals surface area contributed by atoms with Crippen molar-refractivity contribution in [3.63, 3.8) is 0 Å². The van der Waals surface area contributed by atoms with Crippen LogP contribution in [0.25, 0.3) is 0 Å². The number of rotatable bonds is 4. The lowest BCUT2D eigenvalue weighted by Gasteiger charge is -2.15. The smallest absolute Gasteiger partial charge is 0.304 e. The molecule has 1 aliphatic heterocycles. The number of carboxylic acids is 1. The summed E-state index contributed by atoms with van der Waals surface area (Å²) in [4.78, 5) is 10.9. The summed E-state index contributed by atoms with van der Waals surface area (Å²) in [6.07, 6.45) is 3.37. The van der Waals surface area contributed by atoms with Crippen LogP contribution in [0.15, 0.2) is 24.3 Å². The molecule has 2 aliphatic rings. The van der Waals surface area contributed by atoms with E-state index in [4.69, 9.17) is 9.84 Å². The minimum atomic E-state index is -0.694. The van der Waals surface area contributed by atoms with E-state index in [-0.39, 0.29) is 11.8 Å². The zero-order valence-electron chi connectivity index (χ0n) is 10.4. The maximum absolute atomic E-state index is 10.9. The van der Waals surface area contributed by atoms with Crippen molar-refractivity contribution in [1.82, 2.24) is 0 Å². The van der Waals surface area contributed by atoms with Gasteiger partial charge in [-0.2, -0.15) is 0 Å². The second-order valence-electron chi connectivity index (χ2n) is 5.53. The minimum Gasteiger partial charge on any atom is -0.481 e. The van der Waals surface area contributed by atoms with E-state index in [1.54, 1.807) is 0 Å². The highest BCUT2D eigenvalue weighted by Gasteiger charge is 2.45. The second kappa shape index (κ2) is 4.39. The quantitative estimate of drug-likeness (QED) is 0.888. The molecule has 1 heterocycles. The van der Waals surface area contributed by atoms with Crippen LogP contribution in [0.5, 0.6) is 0 Å². The first-order valence-corrected chi connectivity index (χ1v) is 6.60. The molecular weight excluding hydrogens is 228 g/mol. The number of benzene rings is 1. The molecule has 0 aromatic heterocycles. The van der Waals surface area contributed by atoms with E-state index in [9.17, 15) is 4.79 Å². The Bertz CT molecular complexity index is 439. The van der Waals surface area contributed by atoms with Crippen molar-refractivity contribution < 1.29 is 14.6 Å². The first-order chi connectivity index (χ1) is 8.70. The van der Waals surface area contributed by atoms with Gasteiger partial charge in [0.05, 0.1) is 13.0 Å². The number of carbonyl (C=O) groups is 1. The molecule has 1 saturated heterocycles. The number of aliphatic carboxylic acids is 1. The summed E-state index contributed by atoms with van der Waals surface area (Å²) < 4.78 is 5.40. The van der Waals surface area contributed by atoms with Crippen molar-refractivity contribution >= 4 is 5.97 Å². The van der Waals surface area contributed by atoms with Gasteiger partial charge >= 0.3 is 5.97 Å².